The molecule has 1 saturated heterocycles. The van der Waals surface area contributed by atoms with Crippen LogP contribution in [0.25, 0.3) is 0 Å². The number of aryl methyl sites for hydroxylation is 1. The Bertz CT molecular complexity index is 1300. The summed E-state index contributed by atoms with van der Waals surface area (Å²) in [7, 11) is 0. The molecule has 1 unspecified atom stereocenters. The van der Waals surface area contributed by atoms with Crippen molar-refractivity contribution in [1.29, 1.82) is 0 Å². The number of nitrogens with one attached hydrogen (secondary N) is 2. The number of urea groups is 1. The van der Waals surface area contributed by atoms with E-state index in [9.17, 15) is 14.7 Å². The van der Waals surface area contributed by atoms with E-state index < -0.39 is 12.3 Å². The maximum atomic E-state index is 13.6. The molecule has 2 atom stereocenters. The molecule has 3 aromatic rings. The standard InChI is InChI=1S/C28H29ClN4O4/c1-18-14-23(32-12-13-37-17-26(32)34)10-11-24(18)31-27(35)25-15-19-4-2-3-5-20(19)16-33(25)28(36)30-22-8-6-21(29)7-9-22/h2-11,14,25-26,34H,12-13,15-17H2,1H3,(H,30,36)(H,31,35)/t25-,26?/m1/s1. The molecule has 0 radical (unpaired) electrons. The Balaban J connectivity index is 1.35. The molecule has 1 fully saturated rings. The van der Waals surface area contributed by atoms with E-state index >= 15 is 0 Å². The highest BCUT2D eigenvalue weighted by Crippen LogP contribution is 2.28. The van der Waals surface area contributed by atoms with Crippen molar-refractivity contribution >= 4 is 40.6 Å². The topological polar surface area (TPSA) is 94.1 Å². The molecule has 192 valence electrons. The molecule has 3 aromatic carbocycles. The fraction of sp³-hybridized carbons (Fsp3) is 0.286. The Hall–Kier alpha value is -3.59. The number of amides is 3. The molecule has 2 heterocycles. The number of morpholine rings is 1. The minimum atomic E-state index is -0.705. The van der Waals surface area contributed by atoms with E-state index in [1.54, 1.807) is 29.2 Å². The van der Waals surface area contributed by atoms with Gasteiger partial charge < -0.3 is 30.3 Å². The number of carbonyl (C=O) groups excluding carboxylic acids is 2. The fourth-order valence-corrected chi connectivity index (χ4v) is 4.90. The molecule has 3 N–H and O–H groups in total. The summed E-state index contributed by atoms with van der Waals surface area (Å²) in [6.45, 7) is 3.62. The maximum absolute atomic E-state index is 13.6. The minimum absolute atomic E-state index is 0.259. The number of carbonyl (C=O) groups is 2. The Morgan fingerprint density at radius 2 is 1.78 bits per heavy atom. The number of nitrogens with zero attached hydrogens (tertiary/aromatic N) is 2. The van der Waals surface area contributed by atoms with E-state index in [-0.39, 0.29) is 18.5 Å². The highest BCUT2D eigenvalue weighted by atomic mass is 35.5. The van der Waals surface area contributed by atoms with Crippen molar-refractivity contribution < 1.29 is 19.4 Å². The van der Waals surface area contributed by atoms with Gasteiger partial charge in [0.2, 0.25) is 5.91 Å². The smallest absolute Gasteiger partial charge is 0.322 e. The fourth-order valence-electron chi connectivity index (χ4n) is 4.77. The van der Waals surface area contributed by atoms with Gasteiger partial charge in [0.05, 0.1) is 13.2 Å². The van der Waals surface area contributed by atoms with Gasteiger partial charge in [-0.05, 0) is 66.1 Å². The third kappa shape index (κ3) is 5.56. The SMILES string of the molecule is Cc1cc(N2CCOCC2O)ccc1NC(=O)[C@H]1Cc2ccccc2CN1C(=O)Nc1ccc(Cl)cc1. The van der Waals surface area contributed by atoms with Crippen LogP contribution in [0.1, 0.15) is 16.7 Å². The van der Waals surface area contributed by atoms with Crippen molar-refractivity contribution in [3.05, 3.63) is 88.4 Å². The molecule has 0 saturated carbocycles. The number of aliphatic hydroxyl groups is 1. The quantitative estimate of drug-likeness (QED) is 0.474. The monoisotopic (exact) mass is 520 g/mol. The van der Waals surface area contributed by atoms with Gasteiger partial charge in [0.1, 0.15) is 6.04 Å². The molecule has 2 aliphatic heterocycles. The highest BCUT2D eigenvalue weighted by Gasteiger charge is 2.35. The van der Waals surface area contributed by atoms with Crippen LogP contribution in [0.2, 0.25) is 5.02 Å². The molecule has 0 bridgehead atoms. The number of hydrogen-bond acceptors (Lipinski definition) is 5. The van der Waals surface area contributed by atoms with E-state index in [1.807, 2.05) is 54.3 Å². The zero-order valence-electron chi connectivity index (χ0n) is 20.5. The number of aliphatic hydroxyl groups excluding tert-OH is 1. The zero-order chi connectivity index (χ0) is 25.9. The predicted molar refractivity (Wildman–Crippen MR) is 144 cm³/mol. The molecule has 0 spiro atoms. The van der Waals surface area contributed by atoms with Crippen LogP contribution in [0.15, 0.2) is 66.7 Å². The molecule has 0 aromatic heterocycles. The lowest BCUT2D eigenvalue weighted by Crippen LogP contribution is -2.52. The van der Waals surface area contributed by atoms with Crippen molar-refractivity contribution in [3.8, 4) is 0 Å². The van der Waals surface area contributed by atoms with Gasteiger partial charge in [0.15, 0.2) is 6.23 Å². The minimum Gasteiger partial charge on any atom is -0.375 e. The highest BCUT2D eigenvalue weighted by molar-refractivity contribution is 6.30. The second-order valence-corrected chi connectivity index (χ2v) is 9.73. The molecule has 9 heteroatoms. The van der Waals surface area contributed by atoms with Gasteiger partial charge in [-0.15, -0.1) is 0 Å². The van der Waals surface area contributed by atoms with Gasteiger partial charge >= 0.3 is 6.03 Å². The summed E-state index contributed by atoms with van der Waals surface area (Å²) in [6.07, 6.45) is -0.295. The summed E-state index contributed by atoms with van der Waals surface area (Å²) in [6, 6.07) is 19.3. The van der Waals surface area contributed by atoms with E-state index in [4.69, 9.17) is 16.3 Å². The van der Waals surface area contributed by atoms with Gasteiger partial charge in [-0.3, -0.25) is 4.79 Å². The van der Waals surface area contributed by atoms with Crippen LogP contribution < -0.4 is 15.5 Å². The second-order valence-electron chi connectivity index (χ2n) is 9.29. The number of hydrogen-bond donors (Lipinski definition) is 3. The van der Waals surface area contributed by atoms with Gasteiger partial charge in [0.25, 0.3) is 0 Å². The molecular formula is C28H29ClN4O4. The van der Waals surface area contributed by atoms with Crippen LogP contribution in [0.3, 0.4) is 0 Å². The van der Waals surface area contributed by atoms with Crippen LogP contribution in [-0.4, -0.2) is 54.0 Å². The van der Waals surface area contributed by atoms with Crippen LogP contribution in [-0.2, 0) is 22.5 Å². The average molecular weight is 521 g/mol. The molecule has 37 heavy (non-hydrogen) atoms. The lowest BCUT2D eigenvalue weighted by atomic mass is 9.93. The number of ether oxygens (including phenoxy) is 1. The number of halogens is 1. The first kappa shape index (κ1) is 25.1. The van der Waals surface area contributed by atoms with Crippen LogP contribution in [0.5, 0.6) is 0 Å². The Morgan fingerprint density at radius 3 is 2.51 bits per heavy atom. The van der Waals surface area contributed by atoms with Gasteiger partial charge in [-0.1, -0.05) is 35.9 Å². The summed E-state index contributed by atoms with van der Waals surface area (Å²) < 4.78 is 5.31. The van der Waals surface area contributed by atoms with Gasteiger partial charge in [-0.25, -0.2) is 4.79 Å². The predicted octanol–water partition coefficient (Wildman–Crippen LogP) is 4.40. The van der Waals surface area contributed by atoms with Crippen molar-refractivity contribution in [1.82, 2.24) is 4.90 Å². The van der Waals surface area contributed by atoms with E-state index in [0.29, 0.717) is 42.5 Å². The lowest BCUT2D eigenvalue weighted by molar-refractivity contribution is -0.120. The first-order chi connectivity index (χ1) is 17.9. The first-order valence-electron chi connectivity index (χ1n) is 12.2. The molecule has 8 nitrogen and oxygen atoms in total. The Kier molecular flexibility index (Phi) is 7.32. The number of anilines is 3. The number of rotatable bonds is 4. The molecule has 5 rings (SSSR count). The third-order valence-corrected chi connectivity index (χ3v) is 7.06. The summed E-state index contributed by atoms with van der Waals surface area (Å²) >= 11 is 5.97. The Labute approximate surface area is 220 Å². The maximum Gasteiger partial charge on any atom is 0.322 e. The zero-order valence-corrected chi connectivity index (χ0v) is 21.2. The number of fused-ring (bicyclic) bond motifs is 1. The van der Waals surface area contributed by atoms with Crippen LogP contribution >= 0.6 is 11.6 Å². The largest absolute Gasteiger partial charge is 0.375 e. The third-order valence-electron chi connectivity index (χ3n) is 6.81. The van der Waals surface area contributed by atoms with E-state index in [0.717, 1.165) is 22.4 Å². The van der Waals surface area contributed by atoms with Gasteiger partial charge in [0, 0.05) is 41.6 Å². The summed E-state index contributed by atoms with van der Waals surface area (Å²) in [5.74, 6) is -0.261. The van der Waals surface area contributed by atoms with E-state index in [1.165, 1.54) is 0 Å². The first-order valence-corrected chi connectivity index (χ1v) is 12.6. The lowest BCUT2D eigenvalue weighted by Gasteiger charge is -2.36. The van der Waals surface area contributed by atoms with Crippen molar-refractivity contribution in [2.75, 3.05) is 35.3 Å². The molecule has 3 amide bonds. The second kappa shape index (κ2) is 10.8. The summed E-state index contributed by atoms with van der Waals surface area (Å²) in [4.78, 5) is 30.3. The van der Waals surface area contributed by atoms with Crippen LogP contribution in [0, 0.1) is 6.92 Å². The van der Waals surface area contributed by atoms with Gasteiger partial charge in [-0.2, -0.15) is 0 Å². The van der Waals surface area contributed by atoms with Crippen molar-refractivity contribution in [2.24, 2.45) is 0 Å². The van der Waals surface area contributed by atoms with Crippen LogP contribution in [0.4, 0.5) is 21.9 Å². The Morgan fingerprint density at radius 1 is 1.03 bits per heavy atom. The summed E-state index contributed by atoms with van der Waals surface area (Å²) in [5, 5.41) is 16.7. The molecule has 0 aliphatic carbocycles. The number of benzene rings is 3. The average Bonchev–Trinajstić information content (AvgIpc) is 2.90. The molecular weight excluding hydrogens is 492 g/mol. The normalized spacial score (nSPS) is 19.2. The van der Waals surface area contributed by atoms with Crippen molar-refractivity contribution in [3.63, 3.8) is 0 Å². The van der Waals surface area contributed by atoms with Crippen molar-refractivity contribution in [2.45, 2.75) is 32.2 Å². The van der Waals surface area contributed by atoms with E-state index in [2.05, 4.69) is 10.6 Å². The molecule has 2 aliphatic rings. The summed E-state index contributed by atoms with van der Waals surface area (Å²) in [5.41, 5.74) is 5.05.